The highest BCUT2D eigenvalue weighted by atomic mass is 79.9. The number of nitrogens with zero attached hydrogens (tertiary/aromatic N) is 4. The van der Waals surface area contributed by atoms with Gasteiger partial charge in [-0.15, -0.1) is 0 Å². The summed E-state index contributed by atoms with van der Waals surface area (Å²) < 4.78 is 46.6. The molecule has 0 atom stereocenters. The molecule has 1 fully saturated rings. The van der Waals surface area contributed by atoms with E-state index in [1.165, 1.54) is 12.3 Å². The van der Waals surface area contributed by atoms with Crippen molar-refractivity contribution in [1.29, 1.82) is 0 Å². The smallest absolute Gasteiger partial charge is 0.433 e. The van der Waals surface area contributed by atoms with Gasteiger partial charge in [0.15, 0.2) is 22.8 Å². The average Bonchev–Trinajstić information content (AvgIpc) is 3.34. The highest BCUT2D eigenvalue weighted by Gasteiger charge is 2.37. The number of halogens is 4. The fourth-order valence-corrected chi connectivity index (χ4v) is 3.46. The van der Waals surface area contributed by atoms with Crippen LogP contribution in [0.4, 0.5) is 13.2 Å². The molecule has 4 heterocycles. The van der Waals surface area contributed by atoms with Crippen LogP contribution in [0.15, 0.2) is 33.4 Å². The molecule has 0 saturated carbocycles. The van der Waals surface area contributed by atoms with E-state index in [0.717, 1.165) is 18.9 Å². The lowest BCUT2D eigenvalue weighted by Crippen LogP contribution is -2.28. The second-order valence-electron chi connectivity index (χ2n) is 5.90. The maximum absolute atomic E-state index is 13.6. The Morgan fingerprint density at radius 2 is 2.00 bits per heavy atom. The largest absolute Gasteiger partial charge is 0.463 e. The van der Waals surface area contributed by atoms with Crippen LogP contribution in [0.3, 0.4) is 0 Å². The molecule has 136 valence electrons. The van der Waals surface area contributed by atoms with Crippen LogP contribution in [0.1, 0.15) is 29.0 Å². The van der Waals surface area contributed by atoms with Gasteiger partial charge < -0.3 is 9.32 Å². The van der Waals surface area contributed by atoms with Crippen LogP contribution in [-0.2, 0) is 6.18 Å². The minimum absolute atomic E-state index is 0.00981. The summed E-state index contributed by atoms with van der Waals surface area (Å²) in [5, 5.41) is 3.91. The van der Waals surface area contributed by atoms with E-state index in [1.54, 1.807) is 11.0 Å². The van der Waals surface area contributed by atoms with Crippen LogP contribution in [0.5, 0.6) is 0 Å². The number of carbonyl (C=O) groups excluding carboxylic acids is 1. The molecule has 3 aromatic heterocycles. The third kappa shape index (κ3) is 2.77. The highest BCUT2D eigenvalue weighted by molar-refractivity contribution is 9.10. The van der Waals surface area contributed by atoms with Gasteiger partial charge in [0.25, 0.3) is 5.91 Å². The van der Waals surface area contributed by atoms with E-state index >= 15 is 0 Å². The topological polar surface area (TPSA) is 63.6 Å². The lowest BCUT2D eigenvalue weighted by Gasteiger charge is -2.13. The van der Waals surface area contributed by atoms with E-state index in [-0.39, 0.29) is 27.3 Å². The number of rotatable bonds is 2. The molecule has 4 rings (SSSR count). The molecule has 1 aliphatic heterocycles. The van der Waals surface area contributed by atoms with Crippen molar-refractivity contribution in [3.8, 4) is 11.5 Å². The minimum atomic E-state index is -4.68. The average molecular weight is 429 g/mol. The molecule has 0 bridgehead atoms. The minimum Gasteiger partial charge on any atom is -0.463 e. The summed E-state index contributed by atoms with van der Waals surface area (Å²) in [5.74, 6) is -0.217. The van der Waals surface area contributed by atoms with Crippen LogP contribution in [0, 0.1) is 0 Å². The van der Waals surface area contributed by atoms with E-state index in [0.29, 0.717) is 17.6 Å². The molecule has 0 aromatic carbocycles. The van der Waals surface area contributed by atoms with Gasteiger partial charge >= 0.3 is 6.18 Å². The zero-order valence-corrected chi connectivity index (χ0v) is 14.8. The Morgan fingerprint density at radius 1 is 1.27 bits per heavy atom. The summed E-state index contributed by atoms with van der Waals surface area (Å²) >= 11 is 3.21. The molecule has 0 spiro atoms. The fraction of sp³-hybridized carbons (Fsp3) is 0.312. The van der Waals surface area contributed by atoms with Gasteiger partial charge in [0.05, 0.1) is 10.7 Å². The maximum Gasteiger partial charge on any atom is 0.433 e. The number of aromatic nitrogens is 3. The number of alkyl halides is 3. The monoisotopic (exact) mass is 428 g/mol. The van der Waals surface area contributed by atoms with Crippen LogP contribution < -0.4 is 0 Å². The van der Waals surface area contributed by atoms with E-state index in [1.807, 2.05) is 0 Å². The number of fused-ring (bicyclic) bond motifs is 1. The highest BCUT2D eigenvalue weighted by Crippen LogP contribution is 2.35. The molecule has 0 unspecified atom stereocenters. The van der Waals surface area contributed by atoms with Crippen molar-refractivity contribution in [3.63, 3.8) is 0 Å². The number of likely N-dealkylation sites (tertiary alicyclic amines) is 1. The van der Waals surface area contributed by atoms with Gasteiger partial charge in [-0.3, -0.25) is 4.79 Å². The Morgan fingerprint density at radius 3 is 2.62 bits per heavy atom. The van der Waals surface area contributed by atoms with E-state index in [9.17, 15) is 18.0 Å². The summed E-state index contributed by atoms with van der Waals surface area (Å²) in [4.78, 5) is 18.4. The van der Waals surface area contributed by atoms with Crippen molar-refractivity contribution in [2.75, 3.05) is 13.1 Å². The predicted octanol–water partition coefficient (Wildman–Crippen LogP) is 4.01. The van der Waals surface area contributed by atoms with Crippen molar-refractivity contribution in [1.82, 2.24) is 19.5 Å². The van der Waals surface area contributed by atoms with Gasteiger partial charge in [0.2, 0.25) is 0 Å². The van der Waals surface area contributed by atoms with Gasteiger partial charge in [-0.2, -0.15) is 18.3 Å². The van der Waals surface area contributed by atoms with Crippen molar-refractivity contribution in [2.45, 2.75) is 19.0 Å². The molecule has 10 heteroatoms. The first-order chi connectivity index (χ1) is 12.4. The maximum atomic E-state index is 13.6. The van der Waals surface area contributed by atoms with E-state index in [2.05, 4.69) is 26.0 Å². The normalized spacial score (nSPS) is 15.2. The third-order valence-corrected chi connectivity index (χ3v) is 4.92. The van der Waals surface area contributed by atoms with Gasteiger partial charge in [-0.05, 0) is 47.0 Å². The Hall–Kier alpha value is -2.36. The van der Waals surface area contributed by atoms with Gasteiger partial charge in [-0.1, -0.05) is 0 Å². The van der Waals surface area contributed by atoms with Gasteiger partial charge in [-0.25, -0.2) is 9.50 Å². The Kier molecular flexibility index (Phi) is 4.02. The molecule has 0 N–H and O–H groups in total. The predicted molar refractivity (Wildman–Crippen MR) is 88.5 cm³/mol. The first-order valence-corrected chi connectivity index (χ1v) is 8.65. The van der Waals surface area contributed by atoms with Gasteiger partial charge in [0.1, 0.15) is 5.69 Å². The number of furan rings is 1. The number of hydrogen-bond donors (Lipinski definition) is 0. The van der Waals surface area contributed by atoms with Crippen molar-refractivity contribution in [2.24, 2.45) is 0 Å². The van der Waals surface area contributed by atoms with Crippen LogP contribution >= 0.6 is 15.9 Å². The summed E-state index contributed by atoms with van der Waals surface area (Å²) in [6.07, 6.45) is -1.60. The zero-order valence-electron chi connectivity index (χ0n) is 13.3. The molecule has 0 radical (unpaired) electrons. The second-order valence-corrected chi connectivity index (χ2v) is 6.69. The second kappa shape index (κ2) is 6.11. The lowest BCUT2D eigenvalue weighted by molar-refractivity contribution is -0.142. The fourth-order valence-electron chi connectivity index (χ4n) is 2.95. The van der Waals surface area contributed by atoms with Crippen LogP contribution in [0.2, 0.25) is 0 Å². The molecular formula is C16H12BrF3N4O2. The van der Waals surface area contributed by atoms with Gasteiger partial charge in [0, 0.05) is 13.1 Å². The third-order valence-electron chi connectivity index (χ3n) is 4.19. The Bertz CT molecular complexity index is 976. The molecule has 6 nitrogen and oxygen atoms in total. The quantitative estimate of drug-likeness (QED) is 0.618. The molecule has 1 saturated heterocycles. The standard InChI is InChI=1S/C16H12BrF3N4O2/c17-12-13(15(25)23-5-1-2-6-23)22-24-11(16(18,19)20)8-9(21-14(12)24)10-4-3-7-26-10/h3-4,7-8H,1-2,5-6H2. The summed E-state index contributed by atoms with van der Waals surface area (Å²) in [6, 6.07) is 3.93. The molecule has 1 aliphatic rings. The zero-order chi connectivity index (χ0) is 18.5. The van der Waals surface area contributed by atoms with E-state index in [4.69, 9.17) is 4.42 Å². The Labute approximate surface area is 153 Å². The first kappa shape index (κ1) is 17.1. The molecule has 1 amide bonds. The Balaban J connectivity index is 1.92. The number of hydrogen-bond acceptors (Lipinski definition) is 4. The summed E-state index contributed by atoms with van der Waals surface area (Å²) in [5.41, 5.74) is -1.19. The SMILES string of the molecule is O=C(c1nn2c(C(F)(F)F)cc(-c3ccco3)nc2c1Br)N1CCCC1. The van der Waals surface area contributed by atoms with E-state index < -0.39 is 17.8 Å². The van der Waals surface area contributed by atoms with Crippen LogP contribution in [0.25, 0.3) is 17.1 Å². The van der Waals surface area contributed by atoms with Crippen molar-refractivity contribution < 1.29 is 22.4 Å². The summed E-state index contributed by atoms with van der Waals surface area (Å²) in [7, 11) is 0. The molecule has 26 heavy (non-hydrogen) atoms. The lowest BCUT2D eigenvalue weighted by atomic mass is 10.2. The molecular weight excluding hydrogens is 417 g/mol. The van der Waals surface area contributed by atoms with Crippen LogP contribution in [-0.4, -0.2) is 38.5 Å². The van der Waals surface area contributed by atoms with Crippen molar-refractivity contribution >= 4 is 27.5 Å². The molecule has 3 aromatic rings. The number of amides is 1. The number of carbonyl (C=O) groups is 1. The summed E-state index contributed by atoms with van der Waals surface area (Å²) in [6.45, 7) is 1.13. The first-order valence-electron chi connectivity index (χ1n) is 7.86. The van der Waals surface area contributed by atoms with Crippen molar-refractivity contribution in [3.05, 3.63) is 40.3 Å². The molecule has 0 aliphatic carbocycles.